The predicted molar refractivity (Wildman–Crippen MR) is 229 cm³/mol. The van der Waals surface area contributed by atoms with Crippen molar-refractivity contribution in [1.29, 1.82) is 0 Å². The highest BCUT2D eigenvalue weighted by molar-refractivity contribution is 7.85. The topological polar surface area (TPSA) is 138 Å². The lowest BCUT2D eigenvalue weighted by Gasteiger charge is -2.34. The van der Waals surface area contributed by atoms with Crippen LogP contribution in [0, 0.1) is 20.8 Å². The molecule has 1 saturated heterocycles. The summed E-state index contributed by atoms with van der Waals surface area (Å²) in [7, 11) is 1.32. The molecule has 4 aromatic carbocycles. The van der Waals surface area contributed by atoms with Gasteiger partial charge < -0.3 is 38.4 Å². The van der Waals surface area contributed by atoms with Crippen molar-refractivity contribution in [3.05, 3.63) is 111 Å². The third-order valence-electron chi connectivity index (χ3n) is 8.76. The number of benzene rings is 4. The Morgan fingerprint density at radius 3 is 1.72 bits per heavy atom. The molecule has 0 atom stereocenters. The Balaban J connectivity index is 0.000000212. The van der Waals surface area contributed by atoms with Crippen molar-refractivity contribution < 1.29 is 46.1 Å². The number of nitrogens with zero attached hydrogens (tertiary/aromatic N) is 3. The van der Waals surface area contributed by atoms with Crippen LogP contribution in [0.25, 0.3) is 10.2 Å². The van der Waals surface area contributed by atoms with Crippen molar-refractivity contribution in [2.45, 2.75) is 40.5 Å². The minimum atomic E-state index is -3.43. The Bertz CT molecular complexity index is 2140. The number of thiazole rings is 1. The van der Waals surface area contributed by atoms with E-state index in [0.717, 1.165) is 98.7 Å². The van der Waals surface area contributed by atoms with Gasteiger partial charge in [0.15, 0.2) is 25.5 Å². The van der Waals surface area contributed by atoms with Crippen molar-refractivity contribution >= 4 is 48.4 Å². The Morgan fingerprint density at radius 1 is 0.707 bits per heavy atom. The van der Waals surface area contributed by atoms with Gasteiger partial charge in [-0.25, -0.2) is 4.98 Å². The second-order valence-electron chi connectivity index (χ2n) is 13.4. The van der Waals surface area contributed by atoms with E-state index >= 15 is 0 Å². The summed E-state index contributed by atoms with van der Waals surface area (Å²) in [5, 5.41) is 10.7. The van der Waals surface area contributed by atoms with Crippen molar-refractivity contribution in [1.82, 2.24) is 9.88 Å². The van der Waals surface area contributed by atoms with E-state index in [9.17, 15) is 8.42 Å². The number of rotatable bonds is 16. The molecule has 2 heterocycles. The van der Waals surface area contributed by atoms with Crippen LogP contribution in [0.1, 0.15) is 33.4 Å². The second kappa shape index (κ2) is 23.5. The van der Waals surface area contributed by atoms with Crippen molar-refractivity contribution in [2.75, 3.05) is 79.0 Å². The molecule has 0 aliphatic carbocycles. The lowest BCUT2D eigenvalue weighted by atomic mass is 10.1. The molecular formula is C42H54ClN3O10S2. The predicted octanol–water partition coefficient (Wildman–Crippen LogP) is 7.49. The standard InChI is InChI=1S/C21H24ClN3O2S.C11H16O5S.C10H14O3/c1-15-3-4-16(11-19(15)27-14-26-2)13-24-7-9-25(10-8-24)21-23-18-6-5-17(22)12-20(18)28-21;1-9-4-5-10(7-16-17(3,12)13)6-11(9)15-8-14-2;1-8-3-4-9(6-11)5-10(8)13-7-12-2/h3-6,11-12H,7-10,13-14H2,1-2H3;4-6H,7-8H2,1-3H3;3-5,11H,6-7H2,1-2H3. The zero-order chi connectivity index (χ0) is 42.1. The maximum absolute atomic E-state index is 10.9. The first-order valence-corrected chi connectivity index (χ1v) is 21.5. The maximum Gasteiger partial charge on any atom is 0.264 e. The molecule has 58 heavy (non-hydrogen) atoms. The normalized spacial score (nSPS) is 13.0. The first-order valence-electron chi connectivity index (χ1n) is 18.4. The highest BCUT2D eigenvalue weighted by Crippen LogP contribution is 2.31. The molecule has 0 radical (unpaired) electrons. The molecular weight excluding hydrogens is 806 g/mol. The second-order valence-corrected chi connectivity index (χ2v) is 16.5. The summed E-state index contributed by atoms with van der Waals surface area (Å²) in [6.45, 7) is 11.5. The summed E-state index contributed by atoms with van der Waals surface area (Å²) in [6.07, 6.45) is 1.02. The number of hydrogen-bond acceptors (Lipinski definition) is 14. The highest BCUT2D eigenvalue weighted by Gasteiger charge is 2.20. The van der Waals surface area contributed by atoms with E-state index in [0.29, 0.717) is 5.75 Å². The average molecular weight is 860 g/mol. The van der Waals surface area contributed by atoms with Crippen LogP contribution < -0.4 is 19.1 Å². The van der Waals surface area contributed by atoms with Crippen LogP contribution >= 0.6 is 22.9 Å². The van der Waals surface area contributed by atoms with Crippen molar-refractivity contribution in [2.24, 2.45) is 0 Å². The largest absolute Gasteiger partial charge is 0.467 e. The van der Waals surface area contributed by atoms with Gasteiger partial charge in [-0.1, -0.05) is 59.3 Å². The number of piperazine rings is 1. The third kappa shape index (κ3) is 15.3. The lowest BCUT2D eigenvalue weighted by molar-refractivity contribution is 0.0503. The van der Waals surface area contributed by atoms with Crippen LogP contribution in [-0.4, -0.2) is 97.6 Å². The molecule has 1 fully saturated rings. The Morgan fingerprint density at radius 2 is 1.21 bits per heavy atom. The van der Waals surface area contributed by atoms with Crippen LogP contribution in [0.4, 0.5) is 5.13 Å². The van der Waals surface area contributed by atoms with Gasteiger partial charge in [-0.3, -0.25) is 9.08 Å². The van der Waals surface area contributed by atoms with Gasteiger partial charge in [0.1, 0.15) is 17.2 Å². The maximum atomic E-state index is 10.9. The van der Waals surface area contributed by atoms with Gasteiger partial charge in [0.05, 0.1) is 29.7 Å². The molecule has 316 valence electrons. The van der Waals surface area contributed by atoms with E-state index in [2.05, 4.69) is 34.9 Å². The summed E-state index contributed by atoms with van der Waals surface area (Å²) >= 11 is 7.82. The first-order chi connectivity index (χ1) is 27.8. The number of halogens is 1. The van der Waals surface area contributed by atoms with E-state index in [-0.39, 0.29) is 33.6 Å². The van der Waals surface area contributed by atoms with Crippen molar-refractivity contribution in [3.63, 3.8) is 0 Å². The Kier molecular flexibility index (Phi) is 18.9. The molecule has 13 nitrogen and oxygen atoms in total. The SMILES string of the molecule is COCOc1cc(CN2CCN(c3nc4ccc(Cl)cc4s3)CC2)ccc1C.COCOc1cc(CO)ccc1C.COCOc1cc(COS(C)(=O)=O)ccc1C. The molecule has 0 unspecified atom stereocenters. The van der Waals surface area contributed by atoms with Crippen LogP contribution in [0.5, 0.6) is 17.2 Å². The van der Waals surface area contributed by atoms with Crippen molar-refractivity contribution in [3.8, 4) is 17.2 Å². The van der Waals surface area contributed by atoms with Gasteiger partial charge in [-0.15, -0.1) is 0 Å². The Labute approximate surface area is 351 Å². The number of ether oxygens (including phenoxy) is 6. The van der Waals surface area contributed by atoms with Gasteiger partial charge in [-0.2, -0.15) is 8.42 Å². The summed E-state index contributed by atoms with van der Waals surface area (Å²) in [5.41, 5.74) is 6.97. The van der Waals surface area contributed by atoms with Crippen LogP contribution in [-0.2, 0) is 48.3 Å². The number of aromatic nitrogens is 1. The molecule has 0 saturated carbocycles. The number of hydrogen-bond donors (Lipinski definition) is 1. The Hall–Kier alpha value is -4.03. The summed E-state index contributed by atoms with van der Waals surface area (Å²) < 4.78 is 58.5. The molecule has 0 spiro atoms. The fourth-order valence-electron chi connectivity index (χ4n) is 5.61. The first kappa shape index (κ1) is 46.7. The molecule has 1 aromatic heterocycles. The van der Waals surface area contributed by atoms with Gasteiger partial charge in [0, 0.05) is 59.1 Å². The highest BCUT2D eigenvalue weighted by atomic mass is 35.5. The molecule has 1 aliphatic rings. The number of aliphatic hydroxyl groups excluding tert-OH is 1. The minimum absolute atomic E-state index is 0.00244. The van der Waals surface area contributed by atoms with Gasteiger partial charge in [0.25, 0.3) is 10.1 Å². The van der Waals surface area contributed by atoms with Crippen LogP contribution in [0.2, 0.25) is 5.02 Å². The quantitative estimate of drug-likeness (QED) is 0.0776. The number of anilines is 1. The number of methoxy groups -OCH3 is 3. The zero-order valence-electron chi connectivity index (χ0n) is 34.2. The molecule has 1 N–H and O–H groups in total. The van der Waals surface area contributed by atoms with Gasteiger partial charge in [-0.05, 0) is 90.6 Å². The molecule has 0 bridgehead atoms. The lowest BCUT2D eigenvalue weighted by Crippen LogP contribution is -2.45. The molecule has 6 rings (SSSR count). The monoisotopic (exact) mass is 859 g/mol. The fourth-order valence-corrected chi connectivity index (χ4v) is 7.25. The van der Waals surface area contributed by atoms with E-state index < -0.39 is 10.1 Å². The van der Waals surface area contributed by atoms with E-state index in [1.54, 1.807) is 37.7 Å². The molecule has 16 heteroatoms. The minimum Gasteiger partial charge on any atom is -0.467 e. The summed E-state index contributed by atoms with van der Waals surface area (Å²) in [4.78, 5) is 9.63. The number of aliphatic hydroxyl groups is 1. The summed E-state index contributed by atoms with van der Waals surface area (Å²) in [5.74, 6) is 2.31. The zero-order valence-corrected chi connectivity index (χ0v) is 36.5. The van der Waals surface area contributed by atoms with Crippen LogP contribution in [0.3, 0.4) is 0 Å². The molecule has 0 amide bonds. The van der Waals surface area contributed by atoms with E-state index in [1.165, 1.54) is 12.7 Å². The third-order valence-corrected chi connectivity index (χ3v) is 10.6. The van der Waals surface area contributed by atoms with E-state index in [1.807, 2.05) is 56.3 Å². The molecule has 1 aliphatic heterocycles. The van der Waals surface area contributed by atoms with Gasteiger partial charge in [0.2, 0.25) is 0 Å². The number of aryl methyl sites for hydroxylation is 3. The average Bonchev–Trinajstić information content (AvgIpc) is 3.64. The number of fused-ring (bicyclic) bond motifs is 1. The fraction of sp³-hybridized carbons (Fsp3) is 0.405. The van der Waals surface area contributed by atoms with Crippen LogP contribution in [0.15, 0.2) is 72.8 Å². The summed E-state index contributed by atoms with van der Waals surface area (Å²) in [6, 6.07) is 23.3. The molecule has 5 aromatic rings. The van der Waals surface area contributed by atoms with Gasteiger partial charge >= 0.3 is 0 Å². The van der Waals surface area contributed by atoms with E-state index in [4.69, 9.17) is 54.3 Å². The smallest absolute Gasteiger partial charge is 0.264 e.